The number of nitrogens with zero attached hydrogens (tertiary/aromatic N) is 2. The molecule has 0 saturated carbocycles. The van der Waals surface area contributed by atoms with Crippen LogP contribution in [0.25, 0.3) is 22.2 Å². The highest BCUT2D eigenvalue weighted by Gasteiger charge is 2.15. The number of fused-ring (bicyclic) bond motifs is 1. The first-order valence-corrected chi connectivity index (χ1v) is 12.9. The standard InChI is InChI=1S/C27H26N4O3S/c1-17-12-13-18(2)23(14-17)26-16-24(22-10-5-6-11-25(22)28-26)27(32)30-29-19(3)20-8-7-9-21(15-20)31-35(4,33)34/h5-16,31H,1-4H3,(H,30,32). The topological polar surface area (TPSA) is 101 Å². The number of nitrogens with one attached hydrogen (secondary N) is 2. The molecule has 0 spiro atoms. The van der Waals surface area contributed by atoms with E-state index in [9.17, 15) is 13.2 Å². The summed E-state index contributed by atoms with van der Waals surface area (Å²) >= 11 is 0. The summed E-state index contributed by atoms with van der Waals surface area (Å²) in [6.45, 7) is 5.79. The van der Waals surface area contributed by atoms with Crippen molar-refractivity contribution in [1.29, 1.82) is 0 Å². The molecule has 2 N–H and O–H groups in total. The molecule has 0 aliphatic rings. The van der Waals surface area contributed by atoms with Crippen LogP contribution in [0.1, 0.15) is 34.0 Å². The minimum atomic E-state index is -3.40. The van der Waals surface area contributed by atoms with Crippen LogP contribution in [0, 0.1) is 13.8 Å². The molecule has 0 radical (unpaired) electrons. The van der Waals surface area contributed by atoms with Crippen LogP contribution in [0.4, 0.5) is 5.69 Å². The van der Waals surface area contributed by atoms with Gasteiger partial charge < -0.3 is 0 Å². The Bertz CT molecular complexity index is 1580. The van der Waals surface area contributed by atoms with E-state index in [0.717, 1.165) is 39.5 Å². The second-order valence-electron chi connectivity index (χ2n) is 8.48. The third-order valence-corrected chi connectivity index (χ3v) is 6.15. The van der Waals surface area contributed by atoms with Crippen LogP contribution in [0.15, 0.2) is 77.9 Å². The number of hydrogen-bond acceptors (Lipinski definition) is 5. The van der Waals surface area contributed by atoms with Gasteiger partial charge in [-0.05, 0) is 62.2 Å². The number of hydrazone groups is 1. The largest absolute Gasteiger partial charge is 0.284 e. The summed E-state index contributed by atoms with van der Waals surface area (Å²) < 4.78 is 25.5. The van der Waals surface area contributed by atoms with Crippen molar-refractivity contribution in [1.82, 2.24) is 10.4 Å². The lowest BCUT2D eigenvalue weighted by Gasteiger charge is -2.12. The van der Waals surface area contributed by atoms with E-state index in [1.54, 1.807) is 37.3 Å². The molecule has 4 rings (SSSR count). The number of carbonyl (C=O) groups is 1. The third kappa shape index (κ3) is 5.73. The summed E-state index contributed by atoms with van der Waals surface area (Å²) in [7, 11) is -3.40. The zero-order chi connectivity index (χ0) is 25.2. The van der Waals surface area contributed by atoms with Crippen LogP contribution in [-0.2, 0) is 10.0 Å². The third-order valence-electron chi connectivity index (χ3n) is 5.54. The molecular weight excluding hydrogens is 460 g/mol. The van der Waals surface area contributed by atoms with E-state index in [1.165, 1.54) is 0 Å². The van der Waals surface area contributed by atoms with E-state index >= 15 is 0 Å². The van der Waals surface area contributed by atoms with Gasteiger partial charge in [0.05, 0.1) is 28.7 Å². The molecule has 0 aliphatic heterocycles. The Morgan fingerprint density at radius 2 is 1.71 bits per heavy atom. The molecule has 0 bridgehead atoms. The molecule has 35 heavy (non-hydrogen) atoms. The van der Waals surface area contributed by atoms with Gasteiger partial charge >= 0.3 is 0 Å². The monoisotopic (exact) mass is 486 g/mol. The van der Waals surface area contributed by atoms with E-state index in [1.807, 2.05) is 50.2 Å². The van der Waals surface area contributed by atoms with Crippen molar-refractivity contribution in [3.8, 4) is 11.3 Å². The highest BCUT2D eigenvalue weighted by molar-refractivity contribution is 7.92. The number of rotatable bonds is 6. The number of sulfonamides is 1. The zero-order valence-electron chi connectivity index (χ0n) is 20.0. The zero-order valence-corrected chi connectivity index (χ0v) is 20.8. The fraction of sp³-hybridized carbons (Fsp3) is 0.148. The van der Waals surface area contributed by atoms with Gasteiger partial charge in [-0.2, -0.15) is 5.10 Å². The second-order valence-corrected chi connectivity index (χ2v) is 10.2. The molecule has 178 valence electrons. The molecule has 1 aromatic heterocycles. The minimum absolute atomic E-state index is 0.361. The van der Waals surface area contributed by atoms with Crippen LogP contribution < -0.4 is 10.1 Å². The maximum absolute atomic E-state index is 13.2. The number of benzene rings is 3. The molecule has 7 nitrogen and oxygen atoms in total. The molecule has 8 heteroatoms. The number of para-hydroxylation sites is 1. The first-order chi connectivity index (χ1) is 16.6. The Morgan fingerprint density at radius 1 is 0.943 bits per heavy atom. The van der Waals surface area contributed by atoms with Gasteiger partial charge in [-0.25, -0.2) is 18.8 Å². The van der Waals surface area contributed by atoms with Gasteiger partial charge in [0.15, 0.2) is 0 Å². The van der Waals surface area contributed by atoms with E-state index in [-0.39, 0.29) is 5.91 Å². The van der Waals surface area contributed by atoms with E-state index in [0.29, 0.717) is 22.5 Å². The van der Waals surface area contributed by atoms with Gasteiger partial charge in [-0.15, -0.1) is 0 Å². The number of hydrogen-bond donors (Lipinski definition) is 2. The van der Waals surface area contributed by atoms with Crippen molar-refractivity contribution >= 4 is 38.2 Å². The Morgan fingerprint density at radius 3 is 2.49 bits per heavy atom. The smallest absolute Gasteiger partial charge is 0.272 e. The number of aryl methyl sites for hydroxylation is 2. The van der Waals surface area contributed by atoms with E-state index in [2.05, 4.69) is 21.3 Å². The Labute approximate surface area is 205 Å². The summed E-state index contributed by atoms with van der Waals surface area (Å²) in [5.41, 5.74) is 9.33. The van der Waals surface area contributed by atoms with Crippen molar-refractivity contribution in [2.45, 2.75) is 20.8 Å². The quantitative estimate of drug-likeness (QED) is 0.294. The molecular formula is C27H26N4O3S. The van der Waals surface area contributed by atoms with Crippen LogP contribution >= 0.6 is 0 Å². The van der Waals surface area contributed by atoms with Gasteiger partial charge in [0.1, 0.15) is 0 Å². The van der Waals surface area contributed by atoms with E-state index < -0.39 is 10.0 Å². The van der Waals surface area contributed by atoms with E-state index in [4.69, 9.17) is 4.98 Å². The van der Waals surface area contributed by atoms with Gasteiger partial charge in [0.2, 0.25) is 10.0 Å². The minimum Gasteiger partial charge on any atom is -0.284 e. The molecule has 0 atom stereocenters. The maximum atomic E-state index is 13.2. The number of amides is 1. The Hall–Kier alpha value is -4.04. The summed E-state index contributed by atoms with van der Waals surface area (Å²) in [5.74, 6) is -0.361. The lowest BCUT2D eigenvalue weighted by atomic mass is 9.99. The summed E-state index contributed by atoms with van der Waals surface area (Å²) in [4.78, 5) is 18.0. The number of carbonyl (C=O) groups excluding carboxylic acids is 1. The SMILES string of the molecule is CC(=NNC(=O)c1cc(-c2cc(C)ccc2C)nc2ccccc12)c1cccc(NS(C)(=O)=O)c1. The summed E-state index contributed by atoms with van der Waals surface area (Å²) in [5, 5.41) is 5.00. The van der Waals surface area contributed by atoms with Crippen molar-refractivity contribution < 1.29 is 13.2 Å². The normalized spacial score (nSPS) is 11.9. The Balaban J connectivity index is 1.68. The number of aromatic nitrogens is 1. The van der Waals surface area contributed by atoms with Crippen molar-refractivity contribution in [3.05, 3.63) is 95.1 Å². The Kier molecular flexibility index (Phi) is 6.66. The number of anilines is 1. The first-order valence-electron chi connectivity index (χ1n) is 11.0. The lowest BCUT2D eigenvalue weighted by Crippen LogP contribution is -2.20. The molecule has 0 unspecified atom stereocenters. The first kappa shape index (κ1) is 24.1. The highest BCUT2D eigenvalue weighted by atomic mass is 32.2. The second kappa shape index (κ2) is 9.68. The fourth-order valence-electron chi connectivity index (χ4n) is 3.79. The molecule has 3 aromatic carbocycles. The van der Waals surface area contributed by atoms with Gasteiger partial charge in [-0.3, -0.25) is 9.52 Å². The van der Waals surface area contributed by atoms with Crippen molar-refractivity contribution in [3.63, 3.8) is 0 Å². The maximum Gasteiger partial charge on any atom is 0.272 e. The molecule has 0 aliphatic carbocycles. The van der Waals surface area contributed by atoms with Crippen LogP contribution in [-0.4, -0.2) is 31.3 Å². The summed E-state index contributed by atoms with van der Waals surface area (Å²) in [6, 6.07) is 22.3. The average Bonchev–Trinajstić information content (AvgIpc) is 2.82. The molecule has 4 aromatic rings. The van der Waals surface area contributed by atoms with Gasteiger partial charge in [0.25, 0.3) is 5.91 Å². The molecule has 1 heterocycles. The molecule has 0 fully saturated rings. The highest BCUT2D eigenvalue weighted by Crippen LogP contribution is 2.28. The van der Waals surface area contributed by atoms with Crippen LogP contribution in [0.2, 0.25) is 0 Å². The fourth-order valence-corrected chi connectivity index (χ4v) is 4.35. The van der Waals surface area contributed by atoms with Gasteiger partial charge in [-0.1, -0.05) is 48.0 Å². The average molecular weight is 487 g/mol. The van der Waals surface area contributed by atoms with Crippen LogP contribution in [0.3, 0.4) is 0 Å². The van der Waals surface area contributed by atoms with Crippen molar-refractivity contribution in [2.75, 3.05) is 11.0 Å². The van der Waals surface area contributed by atoms with Crippen molar-refractivity contribution in [2.24, 2.45) is 5.10 Å². The molecule has 1 amide bonds. The van der Waals surface area contributed by atoms with Crippen LogP contribution in [0.5, 0.6) is 0 Å². The molecule has 0 saturated heterocycles. The lowest BCUT2D eigenvalue weighted by molar-refractivity contribution is 0.0956. The summed E-state index contributed by atoms with van der Waals surface area (Å²) in [6.07, 6.45) is 1.09. The predicted molar refractivity (Wildman–Crippen MR) is 141 cm³/mol. The van der Waals surface area contributed by atoms with Gasteiger partial charge in [0, 0.05) is 16.6 Å². The predicted octanol–water partition coefficient (Wildman–Crippen LogP) is 5.04. The number of pyridine rings is 1.